The van der Waals surface area contributed by atoms with Crippen LogP contribution in [0.15, 0.2) is 41.4 Å². The third-order valence-corrected chi connectivity index (χ3v) is 8.97. The van der Waals surface area contributed by atoms with Gasteiger partial charge in [-0.2, -0.15) is 0 Å². The molecule has 10 nitrogen and oxygen atoms in total. The maximum absolute atomic E-state index is 14.4. The number of fused-ring (bicyclic) bond motifs is 1. The summed E-state index contributed by atoms with van der Waals surface area (Å²) in [4.78, 5) is 35.3. The number of hydrogen-bond acceptors (Lipinski definition) is 8. The maximum atomic E-state index is 14.4. The van der Waals surface area contributed by atoms with Crippen molar-refractivity contribution in [2.24, 2.45) is 16.6 Å². The van der Waals surface area contributed by atoms with Crippen molar-refractivity contribution in [1.82, 2.24) is 10.3 Å². The fraction of sp³-hybridized carbons (Fsp3) is 0.375. The lowest BCUT2D eigenvalue weighted by Gasteiger charge is -2.30. The van der Waals surface area contributed by atoms with Crippen molar-refractivity contribution in [3.63, 3.8) is 0 Å². The summed E-state index contributed by atoms with van der Waals surface area (Å²) in [6.07, 6.45) is 5.05. The number of pyridine rings is 1. The second-order valence-electron chi connectivity index (χ2n) is 11.9. The van der Waals surface area contributed by atoms with Crippen LogP contribution in [0.1, 0.15) is 59.8 Å². The fourth-order valence-electron chi connectivity index (χ4n) is 5.46. The van der Waals surface area contributed by atoms with Gasteiger partial charge in [-0.1, -0.05) is 11.6 Å². The Morgan fingerprint density at radius 1 is 1.27 bits per heavy atom. The van der Waals surface area contributed by atoms with Crippen LogP contribution in [-0.4, -0.2) is 54.4 Å². The Bertz CT molecular complexity index is 1710. The van der Waals surface area contributed by atoms with Gasteiger partial charge in [-0.15, -0.1) is 0 Å². The Morgan fingerprint density at radius 3 is 2.68 bits per heavy atom. The zero-order chi connectivity index (χ0) is 31.4. The van der Waals surface area contributed by atoms with Gasteiger partial charge in [0.25, 0.3) is 5.91 Å². The molecular weight excluding hydrogens is 589 g/mol. The van der Waals surface area contributed by atoms with Gasteiger partial charge in [0.1, 0.15) is 40.6 Å². The molecule has 6 N–H and O–H groups in total. The van der Waals surface area contributed by atoms with Crippen LogP contribution in [0.3, 0.4) is 0 Å². The second-order valence-corrected chi connectivity index (χ2v) is 12.3. The number of nitrogens with zero attached hydrogens (tertiary/aromatic N) is 2. The van der Waals surface area contributed by atoms with Crippen LogP contribution in [0.4, 0.5) is 10.1 Å². The van der Waals surface area contributed by atoms with Crippen LogP contribution in [0.5, 0.6) is 11.5 Å². The molecule has 0 bridgehead atoms. The van der Waals surface area contributed by atoms with Crippen molar-refractivity contribution in [3.8, 4) is 22.8 Å². The summed E-state index contributed by atoms with van der Waals surface area (Å²) in [7, 11) is 1.46. The van der Waals surface area contributed by atoms with E-state index in [4.69, 9.17) is 37.5 Å². The Morgan fingerprint density at radius 2 is 2.02 bits per heavy atom. The van der Waals surface area contributed by atoms with Crippen LogP contribution >= 0.6 is 11.6 Å². The molecule has 2 aromatic carbocycles. The molecule has 0 unspecified atom stereocenters. The summed E-state index contributed by atoms with van der Waals surface area (Å²) in [6.45, 7) is 1.37. The first kappa shape index (κ1) is 29.8. The molecule has 44 heavy (non-hydrogen) atoms. The van der Waals surface area contributed by atoms with E-state index in [1.807, 2.05) is 0 Å². The predicted octanol–water partition coefficient (Wildman–Crippen LogP) is 3.88. The SMILES string of the molecule is COc1cc(C(=O)NC[C@](O)(c2cc3c(c(-c4cc(F)ccc4Cl)n2)OC[C@]3(C)C(N)=O)C2CC2)cc(C=NC2CC2)c1N. The lowest BCUT2D eigenvalue weighted by atomic mass is 9.81. The van der Waals surface area contributed by atoms with Gasteiger partial charge in [-0.05, 0) is 74.9 Å². The highest BCUT2D eigenvalue weighted by molar-refractivity contribution is 6.33. The van der Waals surface area contributed by atoms with E-state index in [0.29, 0.717) is 35.4 Å². The number of aromatic nitrogens is 1. The first-order valence-corrected chi connectivity index (χ1v) is 14.8. The molecule has 2 saturated carbocycles. The number of carbonyl (C=O) groups is 2. The number of carbonyl (C=O) groups excluding carboxylic acids is 2. The summed E-state index contributed by atoms with van der Waals surface area (Å²) in [6, 6.07) is 8.84. The number of nitrogen functional groups attached to an aromatic ring is 1. The summed E-state index contributed by atoms with van der Waals surface area (Å²) in [5.74, 6) is -1.33. The average Bonchev–Trinajstić information content (AvgIpc) is 3.94. The van der Waals surface area contributed by atoms with E-state index in [2.05, 4.69) is 10.3 Å². The minimum atomic E-state index is -1.64. The monoisotopic (exact) mass is 621 g/mol. The topological polar surface area (TPSA) is 162 Å². The van der Waals surface area contributed by atoms with Crippen molar-refractivity contribution in [1.29, 1.82) is 0 Å². The molecule has 2 aliphatic carbocycles. The van der Waals surface area contributed by atoms with E-state index in [9.17, 15) is 19.1 Å². The summed E-state index contributed by atoms with van der Waals surface area (Å²) in [5, 5.41) is 15.2. The summed E-state index contributed by atoms with van der Waals surface area (Å²) < 4.78 is 25.7. The van der Waals surface area contributed by atoms with Gasteiger partial charge in [0.05, 0.1) is 36.1 Å². The van der Waals surface area contributed by atoms with E-state index in [-0.39, 0.29) is 58.4 Å². The quantitative estimate of drug-likeness (QED) is 0.197. The molecule has 1 aromatic heterocycles. The largest absolute Gasteiger partial charge is 0.495 e. The Kier molecular flexibility index (Phi) is 7.49. The number of benzene rings is 2. The number of amides is 2. The lowest BCUT2D eigenvalue weighted by molar-refractivity contribution is -0.123. The van der Waals surface area contributed by atoms with Gasteiger partial charge in [0, 0.05) is 28.5 Å². The molecule has 6 rings (SSSR count). The van der Waals surface area contributed by atoms with Crippen LogP contribution in [0.2, 0.25) is 5.02 Å². The van der Waals surface area contributed by atoms with Crippen LogP contribution in [0.25, 0.3) is 11.3 Å². The number of rotatable bonds is 10. The number of nitrogens with one attached hydrogen (secondary N) is 1. The molecule has 0 saturated heterocycles. The molecule has 3 aliphatic rings. The number of halogens is 2. The first-order valence-electron chi connectivity index (χ1n) is 14.4. The van der Waals surface area contributed by atoms with Crippen molar-refractivity contribution in [2.75, 3.05) is 26.0 Å². The smallest absolute Gasteiger partial charge is 0.251 e. The van der Waals surface area contributed by atoms with E-state index in [1.54, 1.807) is 25.3 Å². The molecule has 2 amide bonds. The highest BCUT2D eigenvalue weighted by Gasteiger charge is 2.50. The number of aliphatic hydroxyl groups is 1. The van der Waals surface area contributed by atoms with Gasteiger partial charge < -0.3 is 31.4 Å². The lowest BCUT2D eigenvalue weighted by Crippen LogP contribution is -2.44. The van der Waals surface area contributed by atoms with Gasteiger partial charge >= 0.3 is 0 Å². The second kappa shape index (κ2) is 11.0. The summed E-state index contributed by atoms with van der Waals surface area (Å²) in [5.41, 5.74) is 11.3. The van der Waals surface area contributed by atoms with E-state index >= 15 is 0 Å². The number of aliphatic imine (C=N–C) groups is 1. The van der Waals surface area contributed by atoms with E-state index < -0.39 is 28.6 Å². The molecule has 0 spiro atoms. The maximum Gasteiger partial charge on any atom is 0.251 e. The fourth-order valence-corrected chi connectivity index (χ4v) is 5.66. The number of anilines is 1. The number of primary amides is 1. The average molecular weight is 622 g/mol. The molecule has 2 fully saturated rings. The highest BCUT2D eigenvalue weighted by Crippen LogP contribution is 2.50. The number of methoxy groups -OCH3 is 1. The standard InChI is InChI=1S/C32H33ClFN5O5/c1-31(30(36)41)15-44-28-22(31)12-25(39-27(28)21-11-19(34)5-8-23(21)33)32(42,18-3-4-18)14-38-29(40)16-9-17(13-37-20-6-7-20)26(35)24(10-16)43-2/h5,8-13,18,20,42H,3-4,6-7,14-15,35H2,1-2H3,(H2,36,41)(H,38,40)/t31-,32+/m0/s1. The van der Waals surface area contributed by atoms with Crippen LogP contribution in [-0.2, 0) is 15.8 Å². The van der Waals surface area contributed by atoms with Crippen molar-refractivity contribution < 1.29 is 28.6 Å². The van der Waals surface area contributed by atoms with Crippen LogP contribution < -0.4 is 26.3 Å². The van der Waals surface area contributed by atoms with Crippen molar-refractivity contribution in [3.05, 3.63) is 69.6 Å². The highest BCUT2D eigenvalue weighted by atomic mass is 35.5. The molecule has 2 heterocycles. The zero-order valence-electron chi connectivity index (χ0n) is 24.3. The Balaban J connectivity index is 1.38. The third-order valence-electron chi connectivity index (χ3n) is 8.64. The third kappa shape index (κ3) is 5.35. The predicted molar refractivity (Wildman–Crippen MR) is 164 cm³/mol. The van der Waals surface area contributed by atoms with Gasteiger partial charge in [-0.25, -0.2) is 9.37 Å². The first-order chi connectivity index (χ1) is 20.9. The minimum Gasteiger partial charge on any atom is -0.495 e. The van der Waals surface area contributed by atoms with Crippen LogP contribution in [0, 0.1) is 11.7 Å². The van der Waals surface area contributed by atoms with E-state index in [0.717, 1.165) is 12.8 Å². The normalized spacial score (nSPS) is 20.6. The van der Waals surface area contributed by atoms with Crippen molar-refractivity contribution in [2.45, 2.75) is 49.7 Å². The van der Waals surface area contributed by atoms with Gasteiger partial charge in [0.2, 0.25) is 5.91 Å². The van der Waals surface area contributed by atoms with E-state index in [1.165, 1.54) is 31.4 Å². The Hall–Kier alpha value is -4.22. The number of ether oxygens (including phenoxy) is 2. The molecule has 230 valence electrons. The van der Waals surface area contributed by atoms with Gasteiger partial charge in [0.15, 0.2) is 0 Å². The summed E-state index contributed by atoms with van der Waals surface area (Å²) >= 11 is 6.47. The Labute approximate surface area is 258 Å². The molecular formula is C32H33ClFN5O5. The number of nitrogens with two attached hydrogens (primary N) is 2. The molecule has 3 aromatic rings. The molecule has 2 atom stereocenters. The zero-order valence-corrected chi connectivity index (χ0v) is 25.1. The van der Waals surface area contributed by atoms with Gasteiger partial charge in [-0.3, -0.25) is 14.6 Å². The molecule has 12 heteroatoms. The number of hydrogen-bond donors (Lipinski definition) is 4. The minimum absolute atomic E-state index is 0.0628. The van der Waals surface area contributed by atoms with Crippen molar-refractivity contribution >= 4 is 35.3 Å². The molecule has 1 aliphatic heterocycles. The molecule has 0 radical (unpaired) electrons.